The lowest BCUT2D eigenvalue weighted by Crippen LogP contribution is -2.27. The Bertz CT molecular complexity index is 927. The van der Waals surface area contributed by atoms with Crippen LogP contribution < -0.4 is 20.1 Å². The maximum atomic E-state index is 12.7. The third-order valence-corrected chi connectivity index (χ3v) is 5.01. The first-order valence-electron chi connectivity index (χ1n) is 9.53. The maximum Gasteiger partial charge on any atom is 0.255 e. The van der Waals surface area contributed by atoms with Crippen molar-refractivity contribution in [3.05, 3.63) is 47.0 Å². The first-order valence-corrected chi connectivity index (χ1v) is 9.91. The zero-order valence-electron chi connectivity index (χ0n) is 15.7. The average molecular weight is 417 g/mol. The number of ether oxygens (including phenoxy) is 3. The number of anilines is 2. The quantitative estimate of drug-likeness (QED) is 0.790. The van der Waals surface area contributed by atoms with Crippen LogP contribution >= 0.6 is 11.6 Å². The number of fused-ring (bicyclic) bond motifs is 1. The molecular formula is C21H21ClN2O5. The van der Waals surface area contributed by atoms with Gasteiger partial charge in [-0.15, -0.1) is 0 Å². The molecular weight excluding hydrogens is 396 g/mol. The van der Waals surface area contributed by atoms with Crippen molar-refractivity contribution in [3.8, 4) is 11.5 Å². The topological polar surface area (TPSA) is 85.9 Å². The summed E-state index contributed by atoms with van der Waals surface area (Å²) in [5.74, 6) is 0.546. The van der Waals surface area contributed by atoms with Crippen molar-refractivity contribution in [1.29, 1.82) is 0 Å². The maximum absolute atomic E-state index is 12.7. The highest BCUT2D eigenvalue weighted by Crippen LogP contribution is 2.37. The molecule has 2 amide bonds. The molecule has 0 spiro atoms. The summed E-state index contributed by atoms with van der Waals surface area (Å²) in [5.41, 5.74) is 1.34. The van der Waals surface area contributed by atoms with Gasteiger partial charge in [0.15, 0.2) is 11.5 Å². The van der Waals surface area contributed by atoms with Crippen LogP contribution in [0, 0.1) is 0 Å². The lowest BCUT2D eigenvalue weighted by Gasteiger charge is -2.13. The largest absolute Gasteiger partial charge is 0.490 e. The van der Waals surface area contributed by atoms with Crippen LogP contribution in [0.4, 0.5) is 11.4 Å². The van der Waals surface area contributed by atoms with E-state index < -0.39 is 6.10 Å². The minimum Gasteiger partial charge on any atom is -0.490 e. The van der Waals surface area contributed by atoms with E-state index in [-0.39, 0.29) is 11.8 Å². The van der Waals surface area contributed by atoms with E-state index in [4.69, 9.17) is 25.8 Å². The molecule has 29 heavy (non-hydrogen) atoms. The van der Waals surface area contributed by atoms with E-state index in [1.54, 1.807) is 36.4 Å². The van der Waals surface area contributed by atoms with Gasteiger partial charge in [-0.2, -0.15) is 0 Å². The lowest BCUT2D eigenvalue weighted by molar-refractivity contribution is -0.124. The molecule has 2 aliphatic rings. The summed E-state index contributed by atoms with van der Waals surface area (Å²) in [7, 11) is 0. The molecule has 0 bridgehead atoms. The molecule has 0 aromatic heterocycles. The highest BCUT2D eigenvalue weighted by atomic mass is 35.5. The molecule has 8 heteroatoms. The zero-order valence-corrected chi connectivity index (χ0v) is 16.5. The van der Waals surface area contributed by atoms with Crippen molar-refractivity contribution in [1.82, 2.24) is 0 Å². The zero-order chi connectivity index (χ0) is 20.2. The smallest absolute Gasteiger partial charge is 0.255 e. The summed E-state index contributed by atoms with van der Waals surface area (Å²) in [6.07, 6.45) is 1.91. The number of carbonyl (C=O) groups excluding carboxylic acids is 2. The second-order valence-electron chi connectivity index (χ2n) is 6.86. The number of halogens is 1. The summed E-state index contributed by atoms with van der Waals surface area (Å²) in [5, 5.41) is 5.94. The van der Waals surface area contributed by atoms with Crippen LogP contribution in [0.1, 0.15) is 29.6 Å². The van der Waals surface area contributed by atoms with Crippen LogP contribution in [0.5, 0.6) is 11.5 Å². The predicted octanol–water partition coefficient (Wildman–Crippen LogP) is 3.87. The van der Waals surface area contributed by atoms with Crippen molar-refractivity contribution in [2.75, 3.05) is 30.5 Å². The van der Waals surface area contributed by atoms with E-state index in [0.717, 1.165) is 12.8 Å². The number of amides is 2. The van der Waals surface area contributed by atoms with Crippen LogP contribution in [0.15, 0.2) is 36.4 Å². The number of carbonyl (C=O) groups is 2. The molecule has 1 fully saturated rings. The van der Waals surface area contributed by atoms with Crippen LogP contribution in [-0.2, 0) is 9.53 Å². The fourth-order valence-electron chi connectivity index (χ4n) is 3.22. The Labute approximate surface area is 173 Å². The SMILES string of the molecule is O=C(Nc1cc2c(cc1Cl)OCCCO2)c1cccc(NC(=O)[C@@H]2CCCO2)c1. The van der Waals surface area contributed by atoms with Gasteiger partial charge in [0.2, 0.25) is 0 Å². The molecule has 1 saturated heterocycles. The molecule has 2 heterocycles. The van der Waals surface area contributed by atoms with E-state index >= 15 is 0 Å². The molecule has 1 atom stereocenters. The normalized spacial score (nSPS) is 18.0. The van der Waals surface area contributed by atoms with Crippen molar-refractivity contribution in [3.63, 3.8) is 0 Å². The van der Waals surface area contributed by atoms with E-state index in [0.29, 0.717) is 59.7 Å². The second kappa shape index (κ2) is 8.71. The first-order chi connectivity index (χ1) is 14.1. The minimum absolute atomic E-state index is 0.203. The van der Waals surface area contributed by atoms with Crippen LogP contribution in [0.2, 0.25) is 5.02 Å². The van der Waals surface area contributed by atoms with Gasteiger partial charge < -0.3 is 24.8 Å². The Kier molecular flexibility index (Phi) is 5.87. The Hall–Kier alpha value is -2.77. The molecule has 0 unspecified atom stereocenters. The fraction of sp³-hybridized carbons (Fsp3) is 0.333. The van der Waals surface area contributed by atoms with Crippen molar-refractivity contribution >= 4 is 34.8 Å². The summed E-state index contributed by atoms with van der Waals surface area (Å²) in [6, 6.07) is 9.99. The van der Waals surface area contributed by atoms with E-state index in [1.807, 2.05) is 0 Å². The molecule has 0 saturated carbocycles. The highest BCUT2D eigenvalue weighted by Gasteiger charge is 2.23. The molecule has 2 aromatic carbocycles. The van der Waals surface area contributed by atoms with Crippen molar-refractivity contribution < 1.29 is 23.8 Å². The molecule has 2 aromatic rings. The van der Waals surface area contributed by atoms with Crippen LogP contribution in [-0.4, -0.2) is 37.7 Å². The number of benzene rings is 2. The van der Waals surface area contributed by atoms with Gasteiger partial charge in [0.1, 0.15) is 6.10 Å². The fourth-order valence-corrected chi connectivity index (χ4v) is 3.42. The van der Waals surface area contributed by atoms with Crippen LogP contribution in [0.3, 0.4) is 0 Å². The predicted molar refractivity (Wildman–Crippen MR) is 109 cm³/mol. The van der Waals surface area contributed by atoms with Gasteiger partial charge in [-0.1, -0.05) is 17.7 Å². The van der Waals surface area contributed by atoms with Crippen LogP contribution in [0.25, 0.3) is 0 Å². The van der Waals surface area contributed by atoms with Gasteiger partial charge in [-0.05, 0) is 31.0 Å². The average Bonchev–Trinajstić information content (AvgIpc) is 3.17. The number of rotatable bonds is 4. The number of nitrogens with one attached hydrogen (secondary N) is 2. The molecule has 0 radical (unpaired) electrons. The number of hydrogen-bond acceptors (Lipinski definition) is 5. The third-order valence-electron chi connectivity index (χ3n) is 4.70. The molecule has 2 aliphatic heterocycles. The summed E-state index contributed by atoms with van der Waals surface area (Å²) in [6.45, 7) is 1.69. The van der Waals surface area contributed by atoms with Gasteiger partial charge in [0, 0.05) is 36.4 Å². The molecule has 2 N–H and O–H groups in total. The van der Waals surface area contributed by atoms with E-state index in [9.17, 15) is 9.59 Å². The Morgan fingerprint density at radius 2 is 1.76 bits per heavy atom. The Morgan fingerprint density at radius 3 is 2.52 bits per heavy atom. The van der Waals surface area contributed by atoms with Crippen molar-refractivity contribution in [2.45, 2.75) is 25.4 Å². The van der Waals surface area contributed by atoms with Gasteiger partial charge in [0.05, 0.1) is 23.9 Å². The third kappa shape index (κ3) is 4.63. The first kappa shape index (κ1) is 19.5. The summed E-state index contributed by atoms with van der Waals surface area (Å²) < 4.78 is 16.6. The highest BCUT2D eigenvalue weighted by molar-refractivity contribution is 6.34. The minimum atomic E-state index is -0.437. The van der Waals surface area contributed by atoms with Crippen molar-refractivity contribution in [2.24, 2.45) is 0 Å². The van der Waals surface area contributed by atoms with Gasteiger partial charge in [0.25, 0.3) is 11.8 Å². The molecule has 152 valence electrons. The Morgan fingerprint density at radius 1 is 0.966 bits per heavy atom. The number of hydrogen-bond donors (Lipinski definition) is 2. The molecule has 7 nitrogen and oxygen atoms in total. The Balaban J connectivity index is 1.47. The van der Waals surface area contributed by atoms with Gasteiger partial charge >= 0.3 is 0 Å². The lowest BCUT2D eigenvalue weighted by atomic mass is 10.1. The molecule has 4 rings (SSSR count). The molecule has 0 aliphatic carbocycles. The summed E-state index contributed by atoms with van der Waals surface area (Å²) >= 11 is 6.30. The summed E-state index contributed by atoms with van der Waals surface area (Å²) in [4.78, 5) is 24.9. The van der Waals surface area contributed by atoms with Gasteiger partial charge in [-0.3, -0.25) is 9.59 Å². The second-order valence-corrected chi connectivity index (χ2v) is 7.26. The van der Waals surface area contributed by atoms with E-state index in [1.165, 1.54) is 0 Å². The monoisotopic (exact) mass is 416 g/mol. The van der Waals surface area contributed by atoms with Gasteiger partial charge in [-0.25, -0.2) is 0 Å². The van der Waals surface area contributed by atoms with E-state index in [2.05, 4.69) is 10.6 Å². The standard InChI is InChI=1S/C21H21ClN2O5/c22-15-11-18-19(29-9-3-8-28-18)12-16(15)24-20(25)13-4-1-5-14(10-13)23-21(26)17-6-2-7-27-17/h1,4-5,10-12,17H,2-3,6-9H2,(H,23,26)(H,24,25)/t17-/m0/s1.